The Kier molecular flexibility index (Phi) is 5.88. The van der Waals surface area contributed by atoms with Gasteiger partial charge in [-0.05, 0) is 23.6 Å². The van der Waals surface area contributed by atoms with Gasteiger partial charge in [-0.15, -0.1) is 0 Å². The van der Waals surface area contributed by atoms with Crippen molar-refractivity contribution in [3.05, 3.63) is 30.1 Å². The van der Waals surface area contributed by atoms with Gasteiger partial charge >= 0.3 is 5.97 Å². The summed E-state index contributed by atoms with van der Waals surface area (Å²) < 4.78 is 4.89. The molecule has 0 aromatic carbocycles. The second-order valence-electron chi connectivity index (χ2n) is 7.37. The Morgan fingerprint density at radius 2 is 1.95 bits per heavy atom. The van der Waals surface area contributed by atoms with Gasteiger partial charge in [-0.3, -0.25) is 9.78 Å². The molecule has 6 heteroatoms. The molecule has 0 radical (unpaired) electrons. The molecule has 1 rings (SSSR count). The Balaban J connectivity index is 2.99. The van der Waals surface area contributed by atoms with E-state index < -0.39 is 20.1 Å². The van der Waals surface area contributed by atoms with Crippen LogP contribution in [0.2, 0.25) is 25.7 Å². The first kappa shape index (κ1) is 18.4. The molecule has 0 saturated heterocycles. The fourth-order valence-corrected chi connectivity index (χ4v) is 5.80. The van der Waals surface area contributed by atoms with E-state index in [0.29, 0.717) is 5.69 Å². The lowest BCUT2D eigenvalue weighted by atomic mass is 9.86. The lowest BCUT2D eigenvalue weighted by molar-refractivity contribution is -0.145. The van der Waals surface area contributed by atoms with Crippen LogP contribution in [0, 0.1) is 5.41 Å². The number of esters is 1. The third-order valence-electron chi connectivity index (χ3n) is 3.38. The summed E-state index contributed by atoms with van der Waals surface area (Å²) in [6, 6.07) is 5.29. The number of carbonyl (C=O) groups excluding carboxylic acids is 2. The molecule has 0 bridgehead atoms. The van der Waals surface area contributed by atoms with Gasteiger partial charge in [0, 0.05) is 14.3 Å². The van der Waals surface area contributed by atoms with Gasteiger partial charge in [0.1, 0.15) is 11.7 Å². The zero-order chi connectivity index (χ0) is 17.0. The molecule has 1 heterocycles. The van der Waals surface area contributed by atoms with Gasteiger partial charge in [-0.25, -0.2) is 4.79 Å². The largest absolute Gasteiger partial charge is 0.467 e. The van der Waals surface area contributed by atoms with Gasteiger partial charge in [0.25, 0.3) is 5.91 Å². The maximum Gasteiger partial charge on any atom is 0.328 e. The number of nitrogens with zero attached hydrogens (tertiary/aromatic N) is 1. The number of rotatable bonds is 6. The molecule has 122 valence electrons. The fraction of sp³-hybridized carbons (Fsp3) is 0.562. The zero-order valence-electron chi connectivity index (χ0n) is 14.3. The number of hydrogen-bond donors (Lipinski definition) is 1. The van der Waals surface area contributed by atoms with Crippen LogP contribution >= 0.6 is 0 Å². The highest BCUT2D eigenvalue weighted by Crippen LogP contribution is 2.32. The first-order valence-corrected chi connectivity index (χ1v) is 11.1. The molecule has 0 spiro atoms. The molecule has 0 fully saturated rings. The Bertz CT molecular complexity index is 524. The number of pyridine rings is 1. The van der Waals surface area contributed by atoms with E-state index in [0.717, 1.165) is 6.04 Å². The highest BCUT2D eigenvalue weighted by molar-refractivity contribution is 6.76. The minimum absolute atomic E-state index is 0.292. The van der Waals surface area contributed by atoms with Crippen LogP contribution in [-0.4, -0.2) is 38.1 Å². The molecular weight excluding hydrogens is 296 g/mol. The Labute approximate surface area is 133 Å². The number of ether oxygens (including phenoxy) is 1. The molecule has 1 aromatic rings. The summed E-state index contributed by atoms with van der Waals surface area (Å²) in [6.07, 6.45) is 1.55. The van der Waals surface area contributed by atoms with Crippen LogP contribution < -0.4 is 5.32 Å². The summed E-state index contributed by atoms with van der Waals surface area (Å²) in [5, 5.41) is 2.79. The second-order valence-corrected chi connectivity index (χ2v) is 12.8. The van der Waals surface area contributed by atoms with Gasteiger partial charge in [-0.2, -0.15) is 0 Å². The van der Waals surface area contributed by atoms with E-state index in [1.165, 1.54) is 7.11 Å². The van der Waals surface area contributed by atoms with E-state index in [9.17, 15) is 9.59 Å². The summed E-state index contributed by atoms with van der Waals surface area (Å²) >= 11 is 0. The van der Waals surface area contributed by atoms with Gasteiger partial charge in [0.2, 0.25) is 0 Å². The van der Waals surface area contributed by atoms with Crippen molar-refractivity contribution in [1.29, 1.82) is 0 Å². The zero-order valence-corrected chi connectivity index (χ0v) is 15.3. The fourth-order valence-electron chi connectivity index (χ4n) is 2.86. The number of carbonyl (C=O) groups is 2. The van der Waals surface area contributed by atoms with Crippen LogP contribution in [0.3, 0.4) is 0 Å². The van der Waals surface area contributed by atoms with Crippen LogP contribution in [0.1, 0.15) is 24.3 Å². The van der Waals surface area contributed by atoms with Crippen molar-refractivity contribution < 1.29 is 14.3 Å². The third-order valence-corrected chi connectivity index (χ3v) is 5.35. The standard InChI is InChI=1S/C16H26N2O3Si/c1-16(2,11-22(4,5)6)13(15(20)21-3)18-14(19)12-9-7-8-10-17-12/h7-10,13H,11H2,1-6H3,(H,18,19)/t13-/m1/s1. The van der Waals surface area contributed by atoms with E-state index in [2.05, 4.69) is 29.9 Å². The van der Waals surface area contributed by atoms with Crippen molar-refractivity contribution in [2.24, 2.45) is 5.41 Å². The van der Waals surface area contributed by atoms with Gasteiger partial charge in [-0.1, -0.05) is 39.6 Å². The predicted octanol–water partition coefficient (Wildman–Crippen LogP) is 2.72. The van der Waals surface area contributed by atoms with Crippen molar-refractivity contribution in [2.75, 3.05) is 7.11 Å². The van der Waals surface area contributed by atoms with Crippen LogP contribution in [0.4, 0.5) is 0 Å². The Morgan fingerprint density at radius 3 is 2.41 bits per heavy atom. The molecule has 1 aromatic heterocycles. The number of aromatic nitrogens is 1. The van der Waals surface area contributed by atoms with Crippen LogP contribution in [0.25, 0.3) is 0 Å². The van der Waals surface area contributed by atoms with Crippen molar-refractivity contribution in [2.45, 2.75) is 45.6 Å². The number of nitrogens with one attached hydrogen (secondary N) is 1. The molecule has 22 heavy (non-hydrogen) atoms. The smallest absolute Gasteiger partial charge is 0.328 e. The lowest BCUT2D eigenvalue weighted by Gasteiger charge is -2.37. The summed E-state index contributed by atoms with van der Waals surface area (Å²) in [6.45, 7) is 10.7. The average Bonchev–Trinajstić information content (AvgIpc) is 2.41. The van der Waals surface area contributed by atoms with Gasteiger partial charge < -0.3 is 10.1 Å². The van der Waals surface area contributed by atoms with Crippen LogP contribution in [-0.2, 0) is 9.53 Å². The molecule has 1 N–H and O–H groups in total. The monoisotopic (exact) mass is 322 g/mol. The predicted molar refractivity (Wildman–Crippen MR) is 89.4 cm³/mol. The SMILES string of the molecule is COC(=O)[C@@H](NC(=O)c1ccccn1)C(C)(C)C[Si](C)(C)C. The van der Waals surface area contributed by atoms with Crippen molar-refractivity contribution in [3.8, 4) is 0 Å². The quantitative estimate of drug-likeness (QED) is 0.646. The topological polar surface area (TPSA) is 68.3 Å². The summed E-state index contributed by atoms with van der Waals surface area (Å²) in [5.74, 6) is -0.785. The number of methoxy groups -OCH3 is 1. The molecule has 0 unspecified atom stereocenters. The minimum atomic E-state index is -1.42. The normalized spacial score (nSPS) is 13.4. The summed E-state index contributed by atoms with van der Waals surface area (Å²) in [7, 11) is -0.0789. The van der Waals surface area contributed by atoms with E-state index >= 15 is 0 Å². The van der Waals surface area contributed by atoms with E-state index in [1.54, 1.807) is 24.4 Å². The molecule has 0 aliphatic carbocycles. The molecule has 1 amide bonds. The maximum atomic E-state index is 12.3. The molecule has 0 saturated carbocycles. The molecule has 1 atom stereocenters. The van der Waals surface area contributed by atoms with E-state index in [1.807, 2.05) is 13.8 Å². The summed E-state index contributed by atoms with van der Waals surface area (Å²) in [4.78, 5) is 28.5. The Morgan fingerprint density at radius 1 is 1.32 bits per heavy atom. The summed E-state index contributed by atoms with van der Waals surface area (Å²) in [5.41, 5.74) is -0.0950. The van der Waals surface area contributed by atoms with Crippen molar-refractivity contribution in [3.63, 3.8) is 0 Å². The lowest BCUT2D eigenvalue weighted by Crippen LogP contribution is -2.52. The highest BCUT2D eigenvalue weighted by atomic mass is 28.3. The molecule has 5 nitrogen and oxygen atoms in total. The molecular formula is C16H26N2O3Si. The van der Waals surface area contributed by atoms with Crippen LogP contribution in [0.5, 0.6) is 0 Å². The van der Waals surface area contributed by atoms with Gasteiger partial charge in [0.05, 0.1) is 7.11 Å². The van der Waals surface area contributed by atoms with Crippen molar-refractivity contribution >= 4 is 20.0 Å². The second kappa shape index (κ2) is 7.04. The number of amides is 1. The first-order valence-electron chi connectivity index (χ1n) is 7.36. The first-order chi connectivity index (χ1) is 10.1. The average molecular weight is 322 g/mol. The van der Waals surface area contributed by atoms with E-state index in [-0.39, 0.29) is 11.3 Å². The number of hydrogen-bond acceptors (Lipinski definition) is 4. The maximum absolute atomic E-state index is 12.3. The molecule has 0 aliphatic rings. The van der Waals surface area contributed by atoms with Crippen molar-refractivity contribution in [1.82, 2.24) is 10.3 Å². The molecule has 0 aliphatic heterocycles. The van der Waals surface area contributed by atoms with E-state index in [4.69, 9.17) is 4.74 Å². The van der Waals surface area contributed by atoms with Gasteiger partial charge in [0.15, 0.2) is 0 Å². The third kappa shape index (κ3) is 5.25. The highest BCUT2D eigenvalue weighted by Gasteiger charge is 2.40. The van der Waals surface area contributed by atoms with Crippen LogP contribution in [0.15, 0.2) is 24.4 Å². The minimum Gasteiger partial charge on any atom is -0.467 e. The Hall–Kier alpha value is -1.69.